The summed E-state index contributed by atoms with van der Waals surface area (Å²) in [5.41, 5.74) is 1.52. The highest BCUT2D eigenvalue weighted by Gasteiger charge is 2.20. The van der Waals surface area contributed by atoms with Crippen LogP contribution in [0.2, 0.25) is 5.02 Å². The third-order valence-corrected chi connectivity index (χ3v) is 3.40. The molecule has 20 heavy (non-hydrogen) atoms. The molecule has 1 N–H and O–H groups in total. The van der Waals surface area contributed by atoms with Gasteiger partial charge >= 0.3 is 0 Å². The Hall–Kier alpha value is -1.22. The molecule has 1 rings (SSSR count). The quantitative estimate of drug-likeness (QED) is 0.879. The first kappa shape index (κ1) is 16.8. The Morgan fingerprint density at radius 2 is 1.85 bits per heavy atom. The van der Waals surface area contributed by atoms with E-state index in [1.165, 1.54) is 0 Å². The number of anilines is 1. The molecular formula is C16H25ClN2O. The molecule has 0 aliphatic heterocycles. The van der Waals surface area contributed by atoms with E-state index in [2.05, 4.69) is 26.1 Å². The van der Waals surface area contributed by atoms with E-state index in [0.717, 1.165) is 12.2 Å². The van der Waals surface area contributed by atoms with Gasteiger partial charge in [0.15, 0.2) is 0 Å². The predicted octanol–water partition coefficient (Wildman–Crippen LogP) is 4.28. The first-order valence-corrected chi connectivity index (χ1v) is 7.49. The molecule has 0 aliphatic carbocycles. The Bertz CT molecular complexity index is 462. The number of carbonyl (C=O) groups excluding carboxylic acids is 1. The van der Waals surface area contributed by atoms with E-state index in [1.54, 1.807) is 11.0 Å². The molecule has 0 atom stereocenters. The third kappa shape index (κ3) is 4.41. The van der Waals surface area contributed by atoms with Crippen LogP contribution >= 0.6 is 11.6 Å². The van der Waals surface area contributed by atoms with Gasteiger partial charge in [-0.25, -0.2) is 0 Å². The van der Waals surface area contributed by atoms with E-state index in [9.17, 15) is 4.79 Å². The molecule has 1 amide bonds. The van der Waals surface area contributed by atoms with Gasteiger partial charge in [0.05, 0.1) is 10.6 Å². The summed E-state index contributed by atoms with van der Waals surface area (Å²) in [4.78, 5) is 14.4. The molecule has 1 aromatic rings. The van der Waals surface area contributed by atoms with Crippen molar-refractivity contribution in [1.82, 2.24) is 4.90 Å². The molecule has 0 radical (unpaired) electrons. The maximum Gasteiger partial charge on any atom is 0.257 e. The number of nitrogens with one attached hydrogen (secondary N) is 1. The van der Waals surface area contributed by atoms with Crippen molar-refractivity contribution >= 4 is 23.2 Å². The van der Waals surface area contributed by atoms with Gasteiger partial charge < -0.3 is 10.2 Å². The Balaban J connectivity index is 3.08. The Morgan fingerprint density at radius 1 is 1.25 bits per heavy atom. The number of benzene rings is 1. The molecule has 0 saturated heterocycles. The minimum Gasteiger partial charge on any atom is -0.384 e. The second-order valence-corrected chi connectivity index (χ2v) is 6.46. The lowest BCUT2D eigenvalue weighted by Crippen LogP contribution is -2.31. The van der Waals surface area contributed by atoms with Gasteiger partial charge in [-0.05, 0) is 31.4 Å². The molecule has 0 unspecified atom stereocenters. The number of rotatable bonds is 5. The number of halogens is 1. The first-order chi connectivity index (χ1) is 9.30. The molecule has 0 fully saturated rings. The van der Waals surface area contributed by atoms with Crippen LogP contribution < -0.4 is 5.32 Å². The molecule has 3 nitrogen and oxygen atoms in total. The highest BCUT2D eigenvalue weighted by atomic mass is 35.5. The second kappa shape index (κ2) is 6.98. The van der Waals surface area contributed by atoms with E-state index in [4.69, 9.17) is 11.6 Å². The van der Waals surface area contributed by atoms with Gasteiger partial charge in [-0.15, -0.1) is 0 Å². The summed E-state index contributed by atoms with van der Waals surface area (Å²) in [5, 5.41) is 3.85. The Morgan fingerprint density at radius 3 is 2.35 bits per heavy atom. The van der Waals surface area contributed by atoms with Crippen LogP contribution in [0.5, 0.6) is 0 Å². The van der Waals surface area contributed by atoms with E-state index in [1.807, 2.05) is 26.0 Å². The number of hydrogen-bond donors (Lipinski definition) is 1. The van der Waals surface area contributed by atoms with Gasteiger partial charge in [0, 0.05) is 25.3 Å². The summed E-state index contributed by atoms with van der Waals surface area (Å²) in [5.74, 6) is -0.0167. The zero-order valence-electron chi connectivity index (χ0n) is 13.1. The molecule has 0 spiro atoms. The van der Waals surface area contributed by atoms with Crippen LogP contribution in [0, 0.1) is 5.41 Å². The van der Waals surface area contributed by atoms with Crippen molar-refractivity contribution in [3.05, 3.63) is 28.8 Å². The van der Waals surface area contributed by atoms with Crippen molar-refractivity contribution in [2.45, 2.75) is 34.6 Å². The molecule has 1 aromatic carbocycles. The summed E-state index contributed by atoms with van der Waals surface area (Å²) in [6, 6.07) is 5.54. The normalized spacial score (nSPS) is 11.3. The fourth-order valence-corrected chi connectivity index (χ4v) is 2.17. The number of hydrogen-bond acceptors (Lipinski definition) is 2. The first-order valence-electron chi connectivity index (χ1n) is 7.11. The standard InChI is InChI=1S/C16H25ClN2O/c1-6-19(7-2)15(20)14-12(17)9-8-10-13(14)18-11-16(3,4)5/h8-10,18H,6-7,11H2,1-5H3. The van der Waals surface area contributed by atoms with Gasteiger partial charge in [0.1, 0.15) is 0 Å². The van der Waals surface area contributed by atoms with Gasteiger partial charge in [-0.2, -0.15) is 0 Å². The highest BCUT2D eigenvalue weighted by Crippen LogP contribution is 2.27. The lowest BCUT2D eigenvalue weighted by atomic mass is 9.96. The van der Waals surface area contributed by atoms with Gasteiger partial charge in [0.2, 0.25) is 0 Å². The van der Waals surface area contributed by atoms with Crippen LogP contribution in [0.1, 0.15) is 45.0 Å². The minimum absolute atomic E-state index is 0.0167. The maximum atomic E-state index is 12.6. The van der Waals surface area contributed by atoms with Crippen molar-refractivity contribution in [3.8, 4) is 0 Å². The number of carbonyl (C=O) groups is 1. The fraction of sp³-hybridized carbons (Fsp3) is 0.562. The van der Waals surface area contributed by atoms with Crippen LogP contribution in [0.4, 0.5) is 5.69 Å². The monoisotopic (exact) mass is 296 g/mol. The smallest absolute Gasteiger partial charge is 0.257 e. The molecule has 0 aromatic heterocycles. The van der Waals surface area contributed by atoms with E-state index in [0.29, 0.717) is 23.7 Å². The van der Waals surface area contributed by atoms with Gasteiger partial charge in [-0.1, -0.05) is 38.4 Å². The average Bonchev–Trinajstić information content (AvgIpc) is 2.36. The summed E-state index contributed by atoms with van der Waals surface area (Å²) in [6.45, 7) is 12.5. The van der Waals surface area contributed by atoms with Crippen molar-refractivity contribution in [1.29, 1.82) is 0 Å². The minimum atomic E-state index is -0.0167. The van der Waals surface area contributed by atoms with Crippen LogP contribution in [-0.4, -0.2) is 30.4 Å². The van der Waals surface area contributed by atoms with Crippen molar-refractivity contribution in [2.24, 2.45) is 5.41 Å². The molecular weight excluding hydrogens is 272 g/mol. The van der Waals surface area contributed by atoms with Crippen LogP contribution in [0.25, 0.3) is 0 Å². The molecule has 0 saturated carbocycles. The predicted molar refractivity (Wildman–Crippen MR) is 86.6 cm³/mol. The highest BCUT2D eigenvalue weighted by molar-refractivity contribution is 6.34. The Labute approximate surface area is 127 Å². The molecule has 112 valence electrons. The van der Waals surface area contributed by atoms with E-state index in [-0.39, 0.29) is 11.3 Å². The fourth-order valence-electron chi connectivity index (χ4n) is 1.92. The average molecular weight is 297 g/mol. The largest absolute Gasteiger partial charge is 0.384 e. The molecule has 0 aliphatic rings. The second-order valence-electron chi connectivity index (χ2n) is 6.05. The van der Waals surface area contributed by atoms with Gasteiger partial charge in [-0.3, -0.25) is 4.79 Å². The topological polar surface area (TPSA) is 32.3 Å². The van der Waals surface area contributed by atoms with Crippen LogP contribution in [0.15, 0.2) is 18.2 Å². The van der Waals surface area contributed by atoms with Crippen molar-refractivity contribution < 1.29 is 4.79 Å². The third-order valence-electron chi connectivity index (χ3n) is 3.09. The zero-order valence-corrected chi connectivity index (χ0v) is 13.8. The van der Waals surface area contributed by atoms with Crippen molar-refractivity contribution in [2.75, 3.05) is 25.0 Å². The SMILES string of the molecule is CCN(CC)C(=O)c1c(Cl)cccc1NCC(C)(C)C. The molecule has 4 heteroatoms. The number of nitrogens with zero attached hydrogens (tertiary/aromatic N) is 1. The summed E-state index contributed by atoms with van der Waals surface area (Å²) < 4.78 is 0. The molecule has 0 heterocycles. The van der Waals surface area contributed by atoms with Crippen molar-refractivity contribution in [3.63, 3.8) is 0 Å². The van der Waals surface area contributed by atoms with E-state index < -0.39 is 0 Å². The molecule has 0 bridgehead atoms. The summed E-state index contributed by atoms with van der Waals surface area (Å²) in [7, 11) is 0. The lowest BCUT2D eigenvalue weighted by molar-refractivity contribution is 0.0774. The maximum absolute atomic E-state index is 12.6. The van der Waals surface area contributed by atoms with Crippen LogP contribution in [-0.2, 0) is 0 Å². The van der Waals surface area contributed by atoms with Gasteiger partial charge in [0.25, 0.3) is 5.91 Å². The Kier molecular flexibility index (Phi) is 5.88. The lowest BCUT2D eigenvalue weighted by Gasteiger charge is -2.24. The van der Waals surface area contributed by atoms with Crippen LogP contribution in [0.3, 0.4) is 0 Å². The zero-order chi connectivity index (χ0) is 15.3. The summed E-state index contributed by atoms with van der Waals surface area (Å²) >= 11 is 6.24. The van der Waals surface area contributed by atoms with E-state index >= 15 is 0 Å². The number of amides is 1. The summed E-state index contributed by atoms with van der Waals surface area (Å²) in [6.07, 6.45) is 0.